The molecule has 0 aromatic heterocycles. The number of rotatable bonds is 9. The maximum atomic E-state index is 11.9. The van der Waals surface area contributed by atoms with Crippen molar-refractivity contribution in [1.82, 2.24) is 9.80 Å². The molecule has 0 aliphatic carbocycles. The van der Waals surface area contributed by atoms with Gasteiger partial charge in [0, 0.05) is 26.2 Å². The van der Waals surface area contributed by atoms with Crippen LogP contribution in [0.4, 0.5) is 4.79 Å². The molecule has 1 amide bonds. The number of ether oxygens (including phenoxy) is 2. The molecule has 2 aliphatic heterocycles. The molecule has 0 N–H and O–H groups in total. The number of likely N-dealkylation sites (tertiary alicyclic amines) is 1. The number of hydrogen-bond acceptors (Lipinski definition) is 4. The Hall–Kier alpha value is -2.37. The second-order valence-electron chi connectivity index (χ2n) is 8.79. The molecule has 5 heteroatoms. The fourth-order valence-corrected chi connectivity index (χ4v) is 4.69. The van der Waals surface area contributed by atoms with Crippen molar-refractivity contribution in [2.75, 3.05) is 40.0 Å². The number of hydrogen-bond donors (Lipinski definition) is 0. The van der Waals surface area contributed by atoms with Gasteiger partial charge in [-0.2, -0.15) is 0 Å². The molecule has 0 bridgehead atoms. The Kier molecular flexibility index (Phi) is 7.25. The van der Waals surface area contributed by atoms with Crippen LogP contribution in [0.2, 0.25) is 0 Å². The molecule has 2 aromatic rings. The fourth-order valence-electron chi connectivity index (χ4n) is 4.69. The summed E-state index contributed by atoms with van der Waals surface area (Å²) < 4.78 is 10.4. The quantitative estimate of drug-likeness (QED) is 0.601. The van der Waals surface area contributed by atoms with Gasteiger partial charge >= 0.3 is 6.09 Å². The van der Waals surface area contributed by atoms with E-state index in [1.807, 2.05) is 0 Å². The van der Waals surface area contributed by atoms with Gasteiger partial charge in [-0.25, -0.2) is 4.79 Å². The summed E-state index contributed by atoms with van der Waals surface area (Å²) in [7, 11) is 1.65. The number of carbonyl (C=O) groups is 1. The molecule has 4 rings (SSSR count). The van der Waals surface area contributed by atoms with E-state index in [9.17, 15) is 4.79 Å². The second-order valence-corrected chi connectivity index (χ2v) is 8.79. The van der Waals surface area contributed by atoms with Crippen LogP contribution >= 0.6 is 0 Å². The smallest absolute Gasteiger partial charge is 0.410 e. The molecular weight excluding hydrogens is 388 g/mol. The van der Waals surface area contributed by atoms with Gasteiger partial charge in [0.15, 0.2) is 0 Å². The van der Waals surface area contributed by atoms with Crippen LogP contribution in [0.5, 0.6) is 0 Å². The van der Waals surface area contributed by atoms with Gasteiger partial charge in [-0.15, -0.1) is 0 Å². The maximum absolute atomic E-state index is 11.9. The normalized spacial score (nSPS) is 21.6. The van der Waals surface area contributed by atoms with Crippen LogP contribution in [0, 0.1) is 0 Å². The van der Waals surface area contributed by atoms with E-state index >= 15 is 0 Å². The molecule has 2 aliphatic rings. The van der Waals surface area contributed by atoms with E-state index in [2.05, 4.69) is 60.4 Å². The zero-order valence-corrected chi connectivity index (χ0v) is 18.8. The standard InChI is InChI=1S/C26H34N2O3/c1-20-4-3-14-27(20)15-13-21-5-9-23(10-6-21)24-11-7-22(8-12-24)18-25-19-31-26(29)28(25)16-17-30-2/h5-12,20,25H,3-4,13-19H2,1-2H3/t20-,25-/m1/s1. The lowest BCUT2D eigenvalue weighted by Crippen LogP contribution is -2.37. The summed E-state index contributed by atoms with van der Waals surface area (Å²) >= 11 is 0. The zero-order valence-electron chi connectivity index (χ0n) is 18.8. The van der Waals surface area contributed by atoms with E-state index in [-0.39, 0.29) is 12.1 Å². The number of methoxy groups -OCH3 is 1. The largest absolute Gasteiger partial charge is 0.447 e. The van der Waals surface area contributed by atoms with Crippen molar-refractivity contribution in [3.8, 4) is 11.1 Å². The Morgan fingerprint density at radius 3 is 2.29 bits per heavy atom. The van der Waals surface area contributed by atoms with Gasteiger partial charge in [-0.3, -0.25) is 4.90 Å². The van der Waals surface area contributed by atoms with E-state index in [4.69, 9.17) is 9.47 Å². The maximum Gasteiger partial charge on any atom is 0.410 e. The van der Waals surface area contributed by atoms with Crippen molar-refractivity contribution >= 4 is 6.09 Å². The summed E-state index contributed by atoms with van der Waals surface area (Å²) in [4.78, 5) is 16.3. The molecule has 0 spiro atoms. The molecular formula is C26H34N2O3. The van der Waals surface area contributed by atoms with Crippen LogP contribution in [-0.4, -0.2) is 67.9 Å². The van der Waals surface area contributed by atoms with Crippen molar-refractivity contribution in [2.45, 2.75) is 44.7 Å². The van der Waals surface area contributed by atoms with Crippen LogP contribution in [0.25, 0.3) is 11.1 Å². The minimum Gasteiger partial charge on any atom is -0.447 e. The van der Waals surface area contributed by atoms with Crippen LogP contribution < -0.4 is 0 Å². The highest BCUT2D eigenvalue weighted by Crippen LogP contribution is 2.23. The highest BCUT2D eigenvalue weighted by Gasteiger charge is 2.32. The second kappa shape index (κ2) is 10.3. The average Bonchev–Trinajstić information content (AvgIpc) is 3.36. The monoisotopic (exact) mass is 422 g/mol. The predicted molar refractivity (Wildman–Crippen MR) is 123 cm³/mol. The van der Waals surface area contributed by atoms with Gasteiger partial charge in [-0.05, 0) is 61.4 Å². The lowest BCUT2D eigenvalue weighted by atomic mass is 9.99. The van der Waals surface area contributed by atoms with Gasteiger partial charge in [0.05, 0.1) is 12.6 Å². The van der Waals surface area contributed by atoms with Crippen molar-refractivity contribution in [3.05, 3.63) is 59.7 Å². The van der Waals surface area contributed by atoms with Gasteiger partial charge in [0.2, 0.25) is 0 Å². The third kappa shape index (κ3) is 5.46. The Bertz CT molecular complexity index is 850. The highest BCUT2D eigenvalue weighted by atomic mass is 16.6. The van der Waals surface area contributed by atoms with E-state index in [1.54, 1.807) is 12.0 Å². The lowest BCUT2D eigenvalue weighted by Gasteiger charge is -2.21. The SMILES string of the molecule is COCCN1C(=O)OC[C@H]1Cc1ccc(-c2ccc(CCN3CCC[C@H]3C)cc2)cc1. The van der Waals surface area contributed by atoms with Crippen molar-refractivity contribution < 1.29 is 14.3 Å². The van der Waals surface area contributed by atoms with Crippen LogP contribution in [0.3, 0.4) is 0 Å². The highest BCUT2D eigenvalue weighted by molar-refractivity contribution is 5.70. The van der Waals surface area contributed by atoms with Crippen molar-refractivity contribution in [1.29, 1.82) is 0 Å². The summed E-state index contributed by atoms with van der Waals surface area (Å²) in [6, 6.07) is 18.5. The van der Waals surface area contributed by atoms with Crippen molar-refractivity contribution in [2.24, 2.45) is 0 Å². The summed E-state index contributed by atoms with van der Waals surface area (Å²) in [6.45, 7) is 6.29. The van der Waals surface area contributed by atoms with E-state index in [0.29, 0.717) is 19.8 Å². The van der Waals surface area contributed by atoms with Gasteiger partial charge < -0.3 is 14.4 Å². The molecule has 2 atom stereocenters. The lowest BCUT2D eigenvalue weighted by molar-refractivity contribution is 0.134. The van der Waals surface area contributed by atoms with Gasteiger partial charge in [0.25, 0.3) is 0 Å². The Balaban J connectivity index is 1.33. The first-order valence-corrected chi connectivity index (χ1v) is 11.5. The minimum absolute atomic E-state index is 0.0751. The molecule has 2 aromatic carbocycles. The third-order valence-electron chi connectivity index (χ3n) is 6.70. The first-order chi connectivity index (χ1) is 15.1. The molecule has 2 fully saturated rings. The first kappa shape index (κ1) is 21.8. The molecule has 166 valence electrons. The molecule has 2 heterocycles. The summed E-state index contributed by atoms with van der Waals surface area (Å²) in [6.07, 6.45) is 4.35. The Morgan fingerprint density at radius 2 is 1.68 bits per heavy atom. The number of benzene rings is 2. The number of cyclic esters (lactones) is 1. The fraction of sp³-hybridized carbons (Fsp3) is 0.500. The van der Waals surface area contributed by atoms with Gasteiger partial charge in [0.1, 0.15) is 6.61 Å². The first-order valence-electron chi connectivity index (χ1n) is 11.5. The molecule has 31 heavy (non-hydrogen) atoms. The summed E-state index contributed by atoms with van der Waals surface area (Å²) in [5, 5.41) is 0. The summed E-state index contributed by atoms with van der Waals surface area (Å²) in [5.74, 6) is 0. The molecule has 2 saturated heterocycles. The minimum atomic E-state index is -0.238. The van der Waals surface area contributed by atoms with Gasteiger partial charge in [-0.1, -0.05) is 48.5 Å². The van der Waals surface area contributed by atoms with E-state index in [0.717, 1.165) is 25.4 Å². The molecule has 0 saturated carbocycles. The summed E-state index contributed by atoms with van der Waals surface area (Å²) in [5.41, 5.74) is 5.08. The molecule has 0 radical (unpaired) electrons. The number of carbonyl (C=O) groups excluding carboxylic acids is 1. The van der Waals surface area contributed by atoms with E-state index in [1.165, 1.54) is 41.6 Å². The Labute approximate surface area is 185 Å². The molecule has 5 nitrogen and oxygen atoms in total. The molecule has 0 unspecified atom stereocenters. The van der Waals surface area contributed by atoms with Crippen molar-refractivity contribution in [3.63, 3.8) is 0 Å². The van der Waals surface area contributed by atoms with E-state index < -0.39 is 0 Å². The Morgan fingerprint density at radius 1 is 1.00 bits per heavy atom. The van der Waals surface area contributed by atoms with Crippen LogP contribution in [0.15, 0.2) is 48.5 Å². The number of amides is 1. The third-order valence-corrected chi connectivity index (χ3v) is 6.70. The van der Waals surface area contributed by atoms with Crippen LogP contribution in [-0.2, 0) is 22.3 Å². The average molecular weight is 423 g/mol. The topological polar surface area (TPSA) is 42.0 Å². The number of nitrogens with zero attached hydrogens (tertiary/aromatic N) is 2. The predicted octanol–water partition coefficient (Wildman–Crippen LogP) is 4.39. The zero-order chi connectivity index (χ0) is 21.6. The van der Waals surface area contributed by atoms with Crippen LogP contribution in [0.1, 0.15) is 30.9 Å².